The van der Waals surface area contributed by atoms with Gasteiger partial charge in [0.2, 0.25) is 0 Å². The zero-order valence-electron chi connectivity index (χ0n) is 10.2. The molecule has 2 bridgehead atoms. The molecule has 0 aromatic carbocycles. The third-order valence-corrected chi connectivity index (χ3v) is 4.89. The predicted molar refractivity (Wildman–Crippen MR) is 70.1 cm³/mol. The Kier molecular flexibility index (Phi) is 4.51. The van der Waals surface area contributed by atoms with Gasteiger partial charge in [0, 0.05) is 6.54 Å². The van der Waals surface area contributed by atoms with Crippen LogP contribution in [0.3, 0.4) is 0 Å². The van der Waals surface area contributed by atoms with Gasteiger partial charge in [-0.1, -0.05) is 0 Å². The molecule has 4 rings (SSSR count). The minimum absolute atomic E-state index is 0. The molecule has 4 aliphatic heterocycles. The van der Waals surface area contributed by atoms with Crippen molar-refractivity contribution in [3.05, 3.63) is 0 Å². The number of nitrogens with zero attached hydrogens (tertiary/aromatic N) is 1. The molecule has 2 nitrogen and oxygen atoms in total. The Hall–Kier alpha value is 0.210. The monoisotopic (exact) mass is 244 g/mol. The molecule has 0 aromatic heterocycles. The molecule has 1 N–H and O–H groups in total. The first-order valence-electron chi connectivity index (χ1n) is 6.85. The quantitative estimate of drug-likeness (QED) is 0.801. The molecule has 0 spiro atoms. The zero-order valence-corrected chi connectivity index (χ0v) is 11.0. The van der Waals surface area contributed by atoms with Crippen LogP contribution in [0.5, 0.6) is 0 Å². The lowest BCUT2D eigenvalue weighted by Gasteiger charge is -2.46. The number of nitrogens with one attached hydrogen (secondary N) is 1. The van der Waals surface area contributed by atoms with Crippen LogP contribution in [0.2, 0.25) is 0 Å². The summed E-state index contributed by atoms with van der Waals surface area (Å²) in [4.78, 5) is 2.70. The fraction of sp³-hybridized carbons (Fsp3) is 1.00. The van der Waals surface area contributed by atoms with Crippen molar-refractivity contribution in [2.24, 2.45) is 17.8 Å². The largest absolute Gasteiger partial charge is 0.317 e. The molecule has 0 saturated carbocycles. The van der Waals surface area contributed by atoms with E-state index in [1.54, 1.807) is 0 Å². The fourth-order valence-corrected chi connectivity index (χ4v) is 3.90. The van der Waals surface area contributed by atoms with Crippen molar-refractivity contribution in [2.75, 3.05) is 32.7 Å². The summed E-state index contributed by atoms with van der Waals surface area (Å²) in [7, 11) is 0. The molecule has 0 radical (unpaired) electrons. The van der Waals surface area contributed by atoms with Crippen LogP contribution in [0.4, 0.5) is 0 Å². The summed E-state index contributed by atoms with van der Waals surface area (Å²) in [5, 5.41) is 3.48. The molecule has 16 heavy (non-hydrogen) atoms. The van der Waals surface area contributed by atoms with Gasteiger partial charge in [0.15, 0.2) is 0 Å². The Morgan fingerprint density at radius 2 is 1.69 bits per heavy atom. The SMILES string of the molecule is C1CC(CC2CN3CCC2CC3)CCN1.Cl. The second kappa shape index (κ2) is 5.70. The average molecular weight is 245 g/mol. The third-order valence-electron chi connectivity index (χ3n) is 4.89. The number of halogens is 1. The molecule has 3 heteroatoms. The summed E-state index contributed by atoms with van der Waals surface area (Å²) in [6.45, 7) is 6.76. The molecule has 4 saturated heterocycles. The van der Waals surface area contributed by atoms with Gasteiger partial charge in [-0.2, -0.15) is 0 Å². The minimum Gasteiger partial charge on any atom is -0.317 e. The molecular formula is C13H25ClN2. The highest BCUT2D eigenvalue weighted by Crippen LogP contribution is 2.37. The van der Waals surface area contributed by atoms with E-state index in [4.69, 9.17) is 0 Å². The Morgan fingerprint density at radius 1 is 1.00 bits per heavy atom. The van der Waals surface area contributed by atoms with Crippen LogP contribution >= 0.6 is 12.4 Å². The lowest BCUT2D eigenvalue weighted by molar-refractivity contribution is 0.0354. The zero-order chi connectivity index (χ0) is 10.1. The maximum absolute atomic E-state index is 3.48. The second-order valence-electron chi connectivity index (χ2n) is 5.83. The van der Waals surface area contributed by atoms with E-state index in [1.165, 1.54) is 64.8 Å². The van der Waals surface area contributed by atoms with Crippen molar-refractivity contribution in [3.8, 4) is 0 Å². The van der Waals surface area contributed by atoms with Crippen LogP contribution in [-0.2, 0) is 0 Å². The Balaban J connectivity index is 0.000000963. The van der Waals surface area contributed by atoms with Gasteiger partial charge in [-0.15, -0.1) is 12.4 Å². The molecule has 0 amide bonds. The van der Waals surface area contributed by atoms with E-state index >= 15 is 0 Å². The van der Waals surface area contributed by atoms with E-state index in [2.05, 4.69) is 10.2 Å². The molecule has 0 aromatic rings. The first-order chi connectivity index (χ1) is 7.42. The molecule has 4 heterocycles. The van der Waals surface area contributed by atoms with Crippen molar-refractivity contribution in [3.63, 3.8) is 0 Å². The molecule has 4 fully saturated rings. The van der Waals surface area contributed by atoms with Crippen LogP contribution in [0.1, 0.15) is 32.1 Å². The molecule has 4 aliphatic rings. The number of piperidine rings is 4. The Morgan fingerprint density at radius 3 is 2.25 bits per heavy atom. The van der Waals surface area contributed by atoms with Crippen LogP contribution < -0.4 is 5.32 Å². The van der Waals surface area contributed by atoms with Gasteiger partial charge in [0.1, 0.15) is 0 Å². The van der Waals surface area contributed by atoms with E-state index in [9.17, 15) is 0 Å². The van der Waals surface area contributed by atoms with Crippen molar-refractivity contribution in [1.82, 2.24) is 10.2 Å². The molecule has 1 atom stereocenters. The van der Waals surface area contributed by atoms with Crippen LogP contribution in [0.15, 0.2) is 0 Å². The van der Waals surface area contributed by atoms with Crippen LogP contribution in [0, 0.1) is 17.8 Å². The molecule has 1 unspecified atom stereocenters. The lowest BCUT2D eigenvalue weighted by Crippen LogP contribution is -2.48. The van der Waals surface area contributed by atoms with E-state index < -0.39 is 0 Å². The summed E-state index contributed by atoms with van der Waals surface area (Å²) in [5.74, 6) is 3.18. The molecule has 94 valence electrons. The van der Waals surface area contributed by atoms with Gasteiger partial charge in [0.25, 0.3) is 0 Å². The van der Waals surface area contributed by atoms with E-state index in [0.29, 0.717) is 0 Å². The summed E-state index contributed by atoms with van der Waals surface area (Å²) in [5.41, 5.74) is 0. The van der Waals surface area contributed by atoms with Crippen LogP contribution in [-0.4, -0.2) is 37.6 Å². The molecular weight excluding hydrogens is 220 g/mol. The lowest BCUT2D eigenvalue weighted by atomic mass is 9.73. The van der Waals surface area contributed by atoms with Crippen molar-refractivity contribution in [2.45, 2.75) is 32.1 Å². The summed E-state index contributed by atoms with van der Waals surface area (Å²) < 4.78 is 0. The Bertz CT molecular complexity index is 208. The highest BCUT2D eigenvalue weighted by Gasteiger charge is 2.35. The first kappa shape index (κ1) is 12.7. The summed E-state index contributed by atoms with van der Waals surface area (Å²) >= 11 is 0. The average Bonchev–Trinajstić information content (AvgIpc) is 2.32. The normalized spacial score (nSPS) is 39.4. The topological polar surface area (TPSA) is 15.3 Å². The summed E-state index contributed by atoms with van der Waals surface area (Å²) in [6.07, 6.45) is 7.39. The second-order valence-corrected chi connectivity index (χ2v) is 5.83. The number of rotatable bonds is 2. The highest BCUT2D eigenvalue weighted by atomic mass is 35.5. The van der Waals surface area contributed by atoms with Gasteiger partial charge < -0.3 is 10.2 Å². The minimum atomic E-state index is 0. The highest BCUT2D eigenvalue weighted by molar-refractivity contribution is 5.85. The Labute approximate surface area is 106 Å². The van der Waals surface area contributed by atoms with Gasteiger partial charge in [-0.3, -0.25) is 0 Å². The van der Waals surface area contributed by atoms with Crippen molar-refractivity contribution < 1.29 is 0 Å². The van der Waals surface area contributed by atoms with Gasteiger partial charge >= 0.3 is 0 Å². The van der Waals surface area contributed by atoms with Crippen LogP contribution in [0.25, 0.3) is 0 Å². The third kappa shape index (κ3) is 2.72. The van der Waals surface area contributed by atoms with Gasteiger partial charge in [-0.05, 0) is 76.0 Å². The molecule has 0 aliphatic carbocycles. The van der Waals surface area contributed by atoms with Gasteiger partial charge in [0.05, 0.1) is 0 Å². The maximum atomic E-state index is 3.48. The standard InChI is InChI=1S/C13H24N2.ClH/c1-5-14-6-2-11(1)9-13-10-15-7-3-12(13)4-8-15;/h11-14H,1-10H2;1H. The van der Waals surface area contributed by atoms with Crippen molar-refractivity contribution >= 4 is 12.4 Å². The summed E-state index contributed by atoms with van der Waals surface area (Å²) in [6, 6.07) is 0. The van der Waals surface area contributed by atoms with E-state index in [1.807, 2.05) is 0 Å². The maximum Gasteiger partial charge on any atom is 0.00124 e. The van der Waals surface area contributed by atoms with E-state index in [-0.39, 0.29) is 12.4 Å². The first-order valence-corrected chi connectivity index (χ1v) is 6.85. The number of hydrogen-bond donors (Lipinski definition) is 1. The smallest absolute Gasteiger partial charge is 0.00124 e. The van der Waals surface area contributed by atoms with E-state index in [0.717, 1.165) is 17.8 Å². The van der Waals surface area contributed by atoms with Gasteiger partial charge in [-0.25, -0.2) is 0 Å². The van der Waals surface area contributed by atoms with Crippen molar-refractivity contribution in [1.29, 1.82) is 0 Å². The fourth-order valence-electron chi connectivity index (χ4n) is 3.90. The number of hydrogen-bond acceptors (Lipinski definition) is 2. The predicted octanol–water partition coefficient (Wildman–Crippen LogP) is 2.14. The number of fused-ring (bicyclic) bond motifs is 3.